The van der Waals surface area contributed by atoms with Crippen LogP contribution in [-0.4, -0.2) is 73.5 Å². The van der Waals surface area contributed by atoms with Crippen LogP contribution in [0.5, 0.6) is 5.75 Å². The largest absolute Gasteiger partial charge is 0.491 e. The summed E-state index contributed by atoms with van der Waals surface area (Å²) in [5, 5.41) is 2.85. The molecule has 1 aromatic rings. The van der Waals surface area contributed by atoms with Crippen LogP contribution in [0, 0.1) is 11.8 Å². The lowest BCUT2D eigenvalue weighted by Gasteiger charge is -2.36. The summed E-state index contributed by atoms with van der Waals surface area (Å²) < 4.78 is 11.9. The molecule has 0 radical (unpaired) electrons. The summed E-state index contributed by atoms with van der Waals surface area (Å²) in [6.07, 6.45) is 3.75. The summed E-state index contributed by atoms with van der Waals surface area (Å²) >= 11 is 0. The Morgan fingerprint density at radius 1 is 1.21 bits per heavy atom. The van der Waals surface area contributed by atoms with Gasteiger partial charge in [0.15, 0.2) is 0 Å². The van der Waals surface area contributed by atoms with Crippen molar-refractivity contribution in [2.45, 2.75) is 65.0 Å². The normalized spacial score (nSPS) is 23.9. The number of amides is 3. The number of rotatable bonds is 6. The molecule has 1 heterocycles. The third kappa shape index (κ3) is 6.72. The molecule has 1 aliphatic heterocycles. The quantitative estimate of drug-likeness (QED) is 0.683. The Labute approximate surface area is 202 Å². The molecule has 3 amide bonds. The fourth-order valence-corrected chi connectivity index (χ4v) is 4.34. The van der Waals surface area contributed by atoms with Crippen molar-refractivity contribution in [2.24, 2.45) is 11.8 Å². The maximum absolute atomic E-state index is 13.4. The van der Waals surface area contributed by atoms with Crippen molar-refractivity contribution in [3.05, 3.63) is 23.8 Å². The predicted molar refractivity (Wildman–Crippen MR) is 131 cm³/mol. The maximum atomic E-state index is 13.4. The molecule has 1 fully saturated rings. The number of hydrogen-bond acceptors (Lipinski definition) is 5. The highest BCUT2D eigenvalue weighted by molar-refractivity contribution is 5.99. The molecule has 0 aromatic heterocycles. The first kappa shape index (κ1) is 26.0. The van der Waals surface area contributed by atoms with Gasteiger partial charge < -0.3 is 24.6 Å². The lowest BCUT2D eigenvalue weighted by Crippen LogP contribution is -2.48. The Morgan fingerprint density at radius 3 is 2.59 bits per heavy atom. The molecule has 0 spiro atoms. The van der Waals surface area contributed by atoms with Gasteiger partial charge in [-0.1, -0.05) is 13.8 Å². The molecular weight excluding hydrogens is 434 g/mol. The molecule has 1 aromatic carbocycles. The fourth-order valence-electron chi connectivity index (χ4n) is 4.34. The van der Waals surface area contributed by atoms with Crippen molar-refractivity contribution in [1.82, 2.24) is 9.80 Å². The van der Waals surface area contributed by atoms with E-state index in [1.807, 2.05) is 18.7 Å². The highest BCUT2D eigenvalue weighted by Crippen LogP contribution is 2.33. The molecule has 0 saturated heterocycles. The van der Waals surface area contributed by atoms with E-state index in [-0.39, 0.29) is 42.4 Å². The van der Waals surface area contributed by atoms with Gasteiger partial charge in [-0.05, 0) is 50.3 Å². The van der Waals surface area contributed by atoms with E-state index in [1.54, 1.807) is 37.3 Å². The number of nitrogens with zero attached hydrogens (tertiary/aromatic N) is 2. The smallest absolute Gasteiger partial charge is 0.257 e. The zero-order valence-corrected chi connectivity index (χ0v) is 21.1. The second-order valence-electron chi connectivity index (χ2n) is 9.80. The number of ether oxygens (including phenoxy) is 2. The molecule has 8 heteroatoms. The molecular formula is C26H39N3O5. The van der Waals surface area contributed by atoms with Crippen LogP contribution < -0.4 is 10.1 Å². The van der Waals surface area contributed by atoms with Gasteiger partial charge in [-0.3, -0.25) is 14.4 Å². The van der Waals surface area contributed by atoms with Crippen LogP contribution in [0.15, 0.2) is 18.2 Å². The average Bonchev–Trinajstić information content (AvgIpc) is 3.62. The second-order valence-corrected chi connectivity index (χ2v) is 9.80. The maximum Gasteiger partial charge on any atom is 0.257 e. The van der Waals surface area contributed by atoms with Gasteiger partial charge in [0.1, 0.15) is 12.4 Å². The minimum absolute atomic E-state index is 0.0319. The van der Waals surface area contributed by atoms with Gasteiger partial charge in [-0.15, -0.1) is 0 Å². The van der Waals surface area contributed by atoms with E-state index in [4.69, 9.17) is 9.47 Å². The molecule has 1 N–H and O–H groups in total. The Morgan fingerprint density at radius 2 is 1.94 bits per heavy atom. The van der Waals surface area contributed by atoms with Crippen LogP contribution in [-0.2, 0) is 14.3 Å². The van der Waals surface area contributed by atoms with Gasteiger partial charge in [0.25, 0.3) is 5.91 Å². The van der Waals surface area contributed by atoms with Crippen molar-refractivity contribution >= 4 is 23.4 Å². The molecule has 34 heavy (non-hydrogen) atoms. The molecule has 1 saturated carbocycles. The first-order valence-electron chi connectivity index (χ1n) is 12.4. The van der Waals surface area contributed by atoms with Crippen molar-refractivity contribution in [3.8, 4) is 5.75 Å². The first-order chi connectivity index (χ1) is 16.2. The number of carbonyl (C=O) groups is 3. The molecule has 8 nitrogen and oxygen atoms in total. The number of nitrogens with one attached hydrogen (secondary N) is 1. The predicted octanol–water partition coefficient (Wildman–Crippen LogP) is 3.56. The molecule has 3 atom stereocenters. The van der Waals surface area contributed by atoms with Crippen molar-refractivity contribution in [3.63, 3.8) is 0 Å². The minimum atomic E-state index is -0.228. The first-order valence-corrected chi connectivity index (χ1v) is 12.4. The van der Waals surface area contributed by atoms with Crippen LogP contribution in [0.4, 0.5) is 5.69 Å². The average molecular weight is 474 g/mol. The van der Waals surface area contributed by atoms with E-state index in [9.17, 15) is 14.4 Å². The van der Waals surface area contributed by atoms with E-state index >= 15 is 0 Å². The Hall–Kier alpha value is -2.61. The van der Waals surface area contributed by atoms with Crippen LogP contribution in [0.25, 0.3) is 0 Å². The summed E-state index contributed by atoms with van der Waals surface area (Å²) in [5.74, 6) is 0.825. The lowest BCUT2D eigenvalue weighted by molar-refractivity contribution is -0.135. The summed E-state index contributed by atoms with van der Waals surface area (Å²) in [6, 6.07) is 4.97. The highest BCUT2D eigenvalue weighted by atomic mass is 16.5. The molecule has 0 bridgehead atoms. The standard InChI is InChI=1S/C26H39N3O5/c1-6-7-24(30)27-20-10-11-22-21(13-20)26(32)28(4)15-23(33-5)17(2)14-29(18(3)16-34-22)25(31)12-19-8-9-19/h10-11,13,17-19,23H,6-9,12,14-16H2,1-5H3,(H,27,30)/t17-,18-,23+/m1/s1. The number of benzene rings is 1. The van der Waals surface area contributed by atoms with Gasteiger partial charge in [0.05, 0.1) is 17.7 Å². The molecule has 3 rings (SSSR count). The fraction of sp³-hybridized carbons (Fsp3) is 0.654. The number of anilines is 1. The van der Waals surface area contributed by atoms with Crippen LogP contribution >= 0.6 is 0 Å². The van der Waals surface area contributed by atoms with E-state index in [0.717, 1.165) is 19.3 Å². The van der Waals surface area contributed by atoms with Gasteiger partial charge in [-0.2, -0.15) is 0 Å². The lowest BCUT2D eigenvalue weighted by atomic mass is 10.0. The number of likely N-dealkylation sites (N-methyl/N-ethyl adjacent to an activating group) is 1. The molecule has 0 unspecified atom stereocenters. The zero-order chi connectivity index (χ0) is 24.8. The van der Waals surface area contributed by atoms with Gasteiger partial charge in [0.2, 0.25) is 11.8 Å². The Balaban J connectivity index is 1.90. The summed E-state index contributed by atoms with van der Waals surface area (Å²) in [7, 11) is 3.38. The Bertz CT molecular complexity index is 885. The summed E-state index contributed by atoms with van der Waals surface area (Å²) in [5.41, 5.74) is 0.934. The van der Waals surface area contributed by atoms with Crippen LogP contribution in [0.2, 0.25) is 0 Å². The second kappa shape index (κ2) is 11.7. The van der Waals surface area contributed by atoms with E-state index in [1.165, 1.54) is 0 Å². The van der Waals surface area contributed by atoms with Gasteiger partial charge >= 0.3 is 0 Å². The van der Waals surface area contributed by atoms with E-state index < -0.39 is 0 Å². The van der Waals surface area contributed by atoms with E-state index in [0.29, 0.717) is 48.8 Å². The molecule has 188 valence electrons. The summed E-state index contributed by atoms with van der Waals surface area (Å²) in [4.78, 5) is 42.1. The van der Waals surface area contributed by atoms with Crippen molar-refractivity contribution < 1.29 is 23.9 Å². The van der Waals surface area contributed by atoms with Crippen LogP contribution in [0.1, 0.15) is 63.2 Å². The minimum Gasteiger partial charge on any atom is -0.491 e. The zero-order valence-electron chi connectivity index (χ0n) is 21.1. The SMILES string of the molecule is CCCC(=O)Nc1ccc2c(c1)C(=O)N(C)C[C@H](OC)[C@H](C)CN(C(=O)CC1CC1)[C@H](C)CO2. The monoisotopic (exact) mass is 473 g/mol. The molecule has 2 aliphatic rings. The van der Waals surface area contributed by atoms with E-state index in [2.05, 4.69) is 12.2 Å². The highest BCUT2D eigenvalue weighted by Gasteiger charge is 2.33. The number of fused-ring (bicyclic) bond motifs is 1. The third-order valence-electron chi connectivity index (χ3n) is 6.69. The molecule has 1 aliphatic carbocycles. The third-order valence-corrected chi connectivity index (χ3v) is 6.69. The Kier molecular flexibility index (Phi) is 8.94. The van der Waals surface area contributed by atoms with Gasteiger partial charge in [0, 0.05) is 51.7 Å². The number of hydrogen-bond donors (Lipinski definition) is 1. The van der Waals surface area contributed by atoms with Crippen molar-refractivity contribution in [1.29, 1.82) is 0 Å². The topological polar surface area (TPSA) is 88.2 Å². The van der Waals surface area contributed by atoms with Crippen molar-refractivity contribution in [2.75, 3.05) is 39.2 Å². The number of carbonyl (C=O) groups excluding carboxylic acids is 3. The number of methoxy groups -OCH3 is 1. The van der Waals surface area contributed by atoms with Gasteiger partial charge in [-0.25, -0.2) is 0 Å². The summed E-state index contributed by atoms with van der Waals surface area (Å²) in [6.45, 7) is 7.17. The van der Waals surface area contributed by atoms with Crippen LogP contribution in [0.3, 0.4) is 0 Å².